The number of nitro groups is 1. The Labute approximate surface area is 129 Å². The molecule has 7 nitrogen and oxygen atoms in total. The third kappa shape index (κ3) is 4.16. The lowest BCUT2D eigenvalue weighted by Gasteiger charge is -2.29. The Kier molecular flexibility index (Phi) is 5.30. The second-order valence-electron chi connectivity index (χ2n) is 5.82. The molecule has 1 aliphatic rings. The molecule has 2 atom stereocenters. The number of aryl methyl sites for hydroxylation is 1. The number of ether oxygens (including phenoxy) is 1. The van der Waals surface area contributed by atoms with Crippen LogP contribution in [0.3, 0.4) is 0 Å². The van der Waals surface area contributed by atoms with Crippen LogP contribution in [0.2, 0.25) is 0 Å². The molecule has 0 unspecified atom stereocenters. The van der Waals surface area contributed by atoms with Gasteiger partial charge in [0.2, 0.25) is 0 Å². The van der Waals surface area contributed by atoms with Crippen molar-refractivity contribution in [3.63, 3.8) is 0 Å². The van der Waals surface area contributed by atoms with Gasteiger partial charge in [0.25, 0.3) is 11.8 Å². The monoisotopic (exact) mass is 307 g/mol. The molecule has 0 saturated heterocycles. The van der Waals surface area contributed by atoms with Gasteiger partial charge in [-0.3, -0.25) is 14.9 Å². The predicted octanol–water partition coefficient (Wildman–Crippen LogP) is 2.37. The first kappa shape index (κ1) is 16.2. The van der Waals surface area contributed by atoms with Crippen molar-refractivity contribution in [1.29, 1.82) is 0 Å². The third-order valence-corrected chi connectivity index (χ3v) is 3.96. The number of amides is 1. The minimum Gasteiger partial charge on any atom is -0.463 e. The van der Waals surface area contributed by atoms with E-state index in [1.807, 2.05) is 0 Å². The normalized spacial score (nSPS) is 21.2. The molecule has 1 fully saturated rings. The second-order valence-corrected chi connectivity index (χ2v) is 5.82. The van der Waals surface area contributed by atoms with Crippen molar-refractivity contribution in [1.82, 2.24) is 10.3 Å². The summed E-state index contributed by atoms with van der Waals surface area (Å²) in [6, 6.07) is 1.54. The van der Waals surface area contributed by atoms with E-state index in [1.54, 1.807) is 6.92 Å². The first-order valence-corrected chi connectivity index (χ1v) is 7.50. The van der Waals surface area contributed by atoms with Crippen molar-refractivity contribution < 1.29 is 14.5 Å². The number of hydrogen-bond donors (Lipinski definition) is 1. The standard InChI is InChI=1S/C15H21N3O4/c1-10-7-13(18(20)21)15(16-8-10)22-9-14(19)17-12-6-4-3-5-11(12)2/h7-8,11-12H,3-6,9H2,1-2H3,(H,17,19)/t11-,12-/m0/s1. The molecule has 120 valence electrons. The van der Waals surface area contributed by atoms with Crippen LogP contribution in [0.15, 0.2) is 12.3 Å². The summed E-state index contributed by atoms with van der Waals surface area (Å²) in [6.45, 7) is 3.57. The van der Waals surface area contributed by atoms with Gasteiger partial charge in [0, 0.05) is 18.3 Å². The third-order valence-electron chi connectivity index (χ3n) is 3.96. The Balaban J connectivity index is 1.92. The van der Waals surface area contributed by atoms with E-state index in [0.717, 1.165) is 19.3 Å². The lowest BCUT2D eigenvalue weighted by molar-refractivity contribution is -0.386. The fraction of sp³-hybridized carbons (Fsp3) is 0.600. The maximum atomic E-state index is 11.9. The molecule has 1 aromatic heterocycles. The van der Waals surface area contributed by atoms with Crippen LogP contribution in [0.5, 0.6) is 5.88 Å². The van der Waals surface area contributed by atoms with Crippen molar-refractivity contribution in [3.05, 3.63) is 27.9 Å². The van der Waals surface area contributed by atoms with Crippen LogP contribution < -0.4 is 10.1 Å². The summed E-state index contributed by atoms with van der Waals surface area (Å²) in [5.74, 6) is 0.0578. The number of hydrogen-bond acceptors (Lipinski definition) is 5. The van der Waals surface area contributed by atoms with Gasteiger partial charge >= 0.3 is 5.69 Å². The topological polar surface area (TPSA) is 94.4 Å². The summed E-state index contributed by atoms with van der Waals surface area (Å²) in [4.78, 5) is 26.2. The van der Waals surface area contributed by atoms with Crippen LogP contribution in [-0.4, -0.2) is 28.5 Å². The van der Waals surface area contributed by atoms with Crippen LogP contribution in [-0.2, 0) is 4.79 Å². The zero-order valence-electron chi connectivity index (χ0n) is 12.9. The second kappa shape index (κ2) is 7.20. The van der Waals surface area contributed by atoms with Crippen molar-refractivity contribution >= 4 is 11.6 Å². The minimum absolute atomic E-state index is 0.123. The Morgan fingerprint density at radius 3 is 2.91 bits per heavy atom. The van der Waals surface area contributed by atoms with E-state index in [-0.39, 0.29) is 30.1 Å². The molecule has 1 N–H and O–H groups in total. The van der Waals surface area contributed by atoms with E-state index < -0.39 is 4.92 Å². The molecule has 1 aromatic rings. The number of nitrogens with zero attached hydrogens (tertiary/aromatic N) is 2. The van der Waals surface area contributed by atoms with Crippen molar-refractivity contribution in [2.75, 3.05) is 6.61 Å². The number of nitrogens with one attached hydrogen (secondary N) is 1. The van der Waals surface area contributed by atoms with E-state index in [9.17, 15) is 14.9 Å². The minimum atomic E-state index is -0.559. The quantitative estimate of drug-likeness (QED) is 0.665. The molecule has 2 rings (SSSR count). The predicted molar refractivity (Wildman–Crippen MR) is 80.7 cm³/mol. The highest BCUT2D eigenvalue weighted by atomic mass is 16.6. The molecule has 0 radical (unpaired) electrons. The summed E-state index contributed by atoms with van der Waals surface area (Å²) in [7, 11) is 0. The number of carbonyl (C=O) groups excluding carboxylic acids is 1. The first-order valence-electron chi connectivity index (χ1n) is 7.50. The molecule has 0 aliphatic heterocycles. The molecule has 0 aromatic carbocycles. The summed E-state index contributed by atoms with van der Waals surface area (Å²) in [6.07, 6.45) is 5.86. The number of pyridine rings is 1. The zero-order chi connectivity index (χ0) is 16.1. The van der Waals surface area contributed by atoms with E-state index in [0.29, 0.717) is 11.5 Å². The van der Waals surface area contributed by atoms with Gasteiger partial charge in [-0.25, -0.2) is 4.98 Å². The highest BCUT2D eigenvalue weighted by Crippen LogP contribution is 2.25. The van der Waals surface area contributed by atoms with Gasteiger partial charge in [0.15, 0.2) is 6.61 Å². The Bertz CT molecular complexity index is 562. The van der Waals surface area contributed by atoms with Crippen molar-refractivity contribution in [2.24, 2.45) is 5.92 Å². The van der Waals surface area contributed by atoms with Crippen molar-refractivity contribution in [3.8, 4) is 5.88 Å². The lowest BCUT2D eigenvalue weighted by Crippen LogP contribution is -2.43. The highest BCUT2D eigenvalue weighted by molar-refractivity contribution is 5.78. The number of rotatable bonds is 5. The van der Waals surface area contributed by atoms with Gasteiger partial charge in [-0.15, -0.1) is 0 Å². The van der Waals surface area contributed by atoms with Gasteiger partial charge in [-0.2, -0.15) is 0 Å². The molecule has 1 aliphatic carbocycles. The zero-order valence-corrected chi connectivity index (χ0v) is 12.9. The summed E-state index contributed by atoms with van der Waals surface area (Å²) in [5.41, 5.74) is 0.443. The highest BCUT2D eigenvalue weighted by Gasteiger charge is 2.24. The average Bonchev–Trinajstić information content (AvgIpc) is 2.48. The molecule has 7 heteroatoms. The van der Waals surface area contributed by atoms with E-state index in [1.165, 1.54) is 18.7 Å². The Hall–Kier alpha value is -2.18. The maximum absolute atomic E-state index is 11.9. The van der Waals surface area contributed by atoms with Crippen LogP contribution in [0.1, 0.15) is 38.2 Å². The van der Waals surface area contributed by atoms with Crippen molar-refractivity contribution in [2.45, 2.75) is 45.6 Å². The summed E-state index contributed by atoms with van der Waals surface area (Å²) < 4.78 is 5.23. The summed E-state index contributed by atoms with van der Waals surface area (Å²) in [5, 5.41) is 13.9. The molecular formula is C15H21N3O4. The van der Waals surface area contributed by atoms with E-state index >= 15 is 0 Å². The van der Waals surface area contributed by atoms with Crippen LogP contribution in [0.4, 0.5) is 5.69 Å². The van der Waals surface area contributed by atoms with Gasteiger partial charge in [-0.1, -0.05) is 19.8 Å². The first-order chi connectivity index (χ1) is 10.5. The number of carbonyl (C=O) groups is 1. The fourth-order valence-electron chi connectivity index (χ4n) is 2.70. The molecule has 1 saturated carbocycles. The van der Waals surface area contributed by atoms with Crippen LogP contribution >= 0.6 is 0 Å². The van der Waals surface area contributed by atoms with Gasteiger partial charge in [0.1, 0.15) is 0 Å². The maximum Gasteiger partial charge on any atom is 0.331 e. The molecule has 0 spiro atoms. The van der Waals surface area contributed by atoms with Crippen LogP contribution in [0.25, 0.3) is 0 Å². The Morgan fingerprint density at radius 1 is 1.50 bits per heavy atom. The fourth-order valence-corrected chi connectivity index (χ4v) is 2.70. The van der Waals surface area contributed by atoms with Gasteiger partial charge in [0.05, 0.1) is 4.92 Å². The smallest absolute Gasteiger partial charge is 0.331 e. The molecule has 1 amide bonds. The average molecular weight is 307 g/mol. The van der Waals surface area contributed by atoms with Gasteiger partial charge in [-0.05, 0) is 31.2 Å². The molecule has 1 heterocycles. The summed E-state index contributed by atoms with van der Waals surface area (Å²) >= 11 is 0. The molecule has 0 bridgehead atoms. The molecule has 22 heavy (non-hydrogen) atoms. The van der Waals surface area contributed by atoms with E-state index in [4.69, 9.17) is 4.74 Å². The Morgan fingerprint density at radius 2 is 2.23 bits per heavy atom. The lowest BCUT2D eigenvalue weighted by atomic mass is 9.86. The largest absolute Gasteiger partial charge is 0.463 e. The van der Waals surface area contributed by atoms with Gasteiger partial charge < -0.3 is 10.1 Å². The van der Waals surface area contributed by atoms with Crippen LogP contribution in [0, 0.1) is 23.0 Å². The SMILES string of the molecule is Cc1cnc(OCC(=O)N[C@H]2CCCC[C@@H]2C)c([N+](=O)[O-])c1. The number of aromatic nitrogens is 1. The van der Waals surface area contributed by atoms with E-state index in [2.05, 4.69) is 17.2 Å². The molecular weight excluding hydrogens is 286 g/mol.